The third-order valence-corrected chi connectivity index (χ3v) is 15.6. The third-order valence-electron chi connectivity index (χ3n) is 15.6. The lowest BCUT2D eigenvalue weighted by Crippen LogP contribution is -2.72. The van der Waals surface area contributed by atoms with Crippen molar-refractivity contribution in [3.63, 3.8) is 0 Å². The molecule has 6 saturated heterocycles. The van der Waals surface area contributed by atoms with E-state index < -0.39 is 277 Å². The van der Waals surface area contributed by atoms with E-state index in [-0.39, 0.29) is 0 Å². The second-order valence-electron chi connectivity index (χ2n) is 21.8. The van der Waals surface area contributed by atoms with Crippen LogP contribution in [0.25, 0.3) is 0 Å². The number of aliphatic hydroxyl groups excluding tert-OH is 19. The Hall–Kier alpha value is -3.85. The van der Waals surface area contributed by atoms with Crippen LogP contribution in [0, 0.1) is 0 Å². The van der Waals surface area contributed by atoms with Crippen LogP contribution in [0.15, 0.2) is 0 Å². The van der Waals surface area contributed by atoms with Gasteiger partial charge in [-0.15, -0.1) is 0 Å². The molecule has 40 nitrogen and oxygen atoms in total. The number of carboxylic acids is 2. The smallest absolute Gasteiger partial charge is 0.364 e. The second-order valence-corrected chi connectivity index (χ2v) is 21.8. The van der Waals surface area contributed by atoms with E-state index in [2.05, 4.69) is 16.0 Å². The molecule has 6 fully saturated rings. The van der Waals surface area contributed by atoms with Crippen LogP contribution in [0.1, 0.15) is 33.6 Å². The average molecular weight is 1290 g/mol. The molecule has 0 bridgehead atoms. The van der Waals surface area contributed by atoms with Crippen LogP contribution in [-0.4, -0.2) is 372 Å². The molecule has 32 atom stereocenters. The van der Waals surface area contributed by atoms with Gasteiger partial charge in [-0.2, -0.15) is 0 Å². The molecule has 0 aromatic carbocycles. The molecule has 88 heavy (non-hydrogen) atoms. The van der Waals surface area contributed by atoms with E-state index in [1.807, 2.05) is 0 Å². The summed E-state index contributed by atoms with van der Waals surface area (Å²) in [5.74, 6) is -14.0. The molecule has 6 aliphatic rings. The molecular weight excluding hydrogens is 1210 g/mol. The summed E-state index contributed by atoms with van der Waals surface area (Å²) in [6.45, 7) is -4.55. The van der Waals surface area contributed by atoms with E-state index >= 15 is 0 Å². The number of carboxylic acid groups (broad SMARTS) is 2. The fraction of sp³-hybridized carbons (Fsp3) is 0.896. The summed E-state index contributed by atoms with van der Waals surface area (Å²) < 4.78 is 63.8. The minimum Gasteiger partial charge on any atom is -0.477 e. The normalized spacial score (nSPS) is 44.6. The highest BCUT2D eigenvalue weighted by Gasteiger charge is 2.64. The Morgan fingerprint density at radius 2 is 0.807 bits per heavy atom. The van der Waals surface area contributed by atoms with Crippen LogP contribution in [0.4, 0.5) is 0 Å². The highest BCUT2D eigenvalue weighted by atomic mass is 16.8. The van der Waals surface area contributed by atoms with Crippen LogP contribution in [0.2, 0.25) is 0 Å². The fourth-order valence-corrected chi connectivity index (χ4v) is 11.1. The van der Waals surface area contributed by atoms with Crippen molar-refractivity contribution in [2.24, 2.45) is 0 Å². The average Bonchev–Trinajstić information content (AvgIpc) is 1.30. The van der Waals surface area contributed by atoms with Crippen LogP contribution < -0.4 is 16.0 Å². The molecule has 0 radical (unpaired) electrons. The van der Waals surface area contributed by atoms with Crippen LogP contribution in [0.3, 0.4) is 0 Å². The minimum atomic E-state index is -3.44. The largest absolute Gasteiger partial charge is 0.477 e. The van der Waals surface area contributed by atoms with Gasteiger partial charge in [-0.25, -0.2) is 9.59 Å². The lowest BCUT2D eigenvalue weighted by atomic mass is 9.88. The predicted molar refractivity (Wildman–Crippen MR) is 268 cm³/mol. The summed E-state index contributed by atoms with van der Waals surface area (Å²) in [5, 5.41) is 235. The van der Waals surface area contributed by atoms with Gasteiger partial charge in [-0.05, 0) is 0 Å². The molecule has 6 aliphatic heterocycles. The number of hydrogen-bond acceptors (Lipinski definition) is 35. The van der Waals surface area contributed by atoms with E-state index in [1.54, 1.807) is 0 Å². The van der Waals surface area contributed by atoms with Crippen LogP contribution >= 0.6 is 0 Å². The maximum atomic E-state index is 13.6. The summed E-state index contributed by atoms with van der Waals surface area (Å²) in [6, 6.07) is -5.66. The molecule has 0 aliphatic carbocycles. The number of ether oxygens (including phenoxy) is 11. The SMILES string of the molecule is CC(=O)N[C@H]1[C@H](O[C@@H]2[C@H](O[C@@]3(C(=O)O)C[C@H](O)[C@@H](NC(C)=O)[C@H]([C@H](O)[C@H](O)CO)O3)[C@@H](O)[C@H](O[C@H]3[C@H](O)[C@@H](O)[C@H](O)O[C@@H]3CO)O[C@@H]2CO)O[C@H](CO)[C@H](O)[C@@H]1O[C@@H]1O[C@H](CO)[C@H](O)[C@H](O[C@]2(C(=O)O)C[C@H](O)[C@@H](NC(C)=O)[C@H]([C@H](O)[C@H](O)CO)O2)[C@H]1O. The van der Waals surface area contributed by atoms with Crippen molar-refractivity contribution in [3.8, 4) is 0 Å². The molecule has 6 heterocycles. The molecular formula is C48H79N3O37. The van der Waals surface area contributed by atoms with E-state index in [0.717, 1.165) is 20.8 Å². The Bertz CT molecular complexity index is 2320. The highest BCUT2D eigenvalue weighted by molar-refractivity contribution is 5.77. The Morgan fingerprint density at radius 3 is 1.23 bits per heavy atom. The van der Waals surface area contributed by atoms with Gasteiger partial charge in [-0.1, -0.05) is 0 Å². The third kappa shape index (κ3) is 15.6. The molecule has 0 spiro atoms. The van der Waals surface area contributed by atoms with Crippen molar-refractivity contribution in [3.05, 3.63) is 0 Å². The number of hydrogen-bond donors (Lipinski definition) is 24. The quantitative estimate of drug-likeness (QED) is 0.0404. The van der Waals surface area contributed by atoms with Crippen molar-refractivity contribution < 1.29 is 183 Å². The monoisotopic (exact) mass is 1290 g/mol. The van der Waals surface area contributed by atoms with Gasteiger partial charge in [0.15, 0.2) is 25.2 Å². The maximum absolute atomic E-state index is 13.6. The van der Waals surface area contributed by atoms with E-state index in [0.29, 0.717) is 0 Å². The van der Waals surface area contributed by atoms with Crippen molar-refractivity contribution >= 4 is 29.7 Å². The van der Waals surface area contributed by atoms with Gasteiger partial charge >= 0.3 is 11.9 Å². The summed E-state index contributed by atoms with van der Waals surface area (Å²) in [4.78, 5) is 64.4. The van der Waals surface area contributed by atoms with E-state index in [4.69, 9.17) is 52.1 Å². The molecule has 0 aromatic heterocycles. The second kappa shape index (κ2) is 30.7. The Morgan fingerprint density at radius 1 is 0.443 bits per heavy atom. The van der Waals surface area contributed by atoms with Crippen molar-refractivity contribution in [2.45, 2.75) is 229 Å². The van der Waals surface area contributed by atoms with Gasteiger partial charge in [-0.3, -0.25) is 14.4 Å². The summed E-state index contributed by atoms with van der Waals surface area (Å²) in [6.07, 6.45) is -63.1. The van der Waals surface area contributed by atoms with Gasteiger partial charge in [0.25, 0.3) is 11.6 Å². The fourth-order valence-electron chi connectivity index (χ4n) is 11.1. The first-order valence-electron chi connectivity index (χ1n) is 27.4. The van der Waals surface area contributed by atoms with Crippen LogP contribution in [0.5, 0.6) is 0 Å². The highest BCUT2D eigenvalue weighted by Crippen LogP contribution is 2.42. The zero-order valence-electron chi connectivity index (χ0n) is 46.9. The minimum absolute atomic E-state index is 0.864. The van der Waals surface area contributed by atoms with Gasteiger partial charge in [0, 0.05) is 33.6 Å². The Kier molecular flexibility index (Phi) is 25.6. The summed E-state index contributed by atoms with van der Waals surface area (Å²) >= 11 is 0. The van der Waals surface area contributed by atoms with Crippen molar-refractivity contribution in [2.75, 3.05) is 39.6 Å². The van der Waals surface area contributed by atoms with Gasteiger partial charge in [0.2, 0.25) is 17.7 Å². The first-order chi connectivity index (χ1) is 41.3. The molecule has 508 valence electrons. The molecule has 0 unspecified atom stereocenters. The number of amides is 3. The number of rotatable bonds is 25. The Balaban J connectivity index is 1.42. The van der Waals surface area contributed by atoms with E-state index in [9.17, 15) is 131 Å². The first-order valence-corrected chi connectivity index (χ1v) is 27.4. The van der Waals surface area contributed by atoms with Crippen LogP contribution in [-0.2, 0) is 76.1 Å². The lowest BCUT2D eigenvalue weighted by molar-refractivity contribution is -0.404. The zero-order chi connectivity index (χ0) is 65.8. The number of nitrogens with one attached hydrogen (secondary N) is 3. The first kappa shape index (κ1) is 73.2. The van der Waals surface area contributed by atoms with Gasteiger partial charge < -0.3 is 175 Å². The van der Waals surface area contributed by atoms with Crippen molar-refractivity contribution in [1.29, 1.82) is 0 Å². The standard InChI is InChI=1S/C48H79N3O37/c1-12(58)49-23-15(61)4-47(45(74)75,85-37(23)26(65)17(63)6-52)87-39-29(68)20(9-55)80-43(32(39)71)84-36-25(51-14(3)60)42(79-19(8-54)28(36)67)83-35-22(11-57)81-44(82-34-21(10-56)78-41(73)31(70)30(34)69)33(72)40(35)88-48(46(76)77)5-16(62)24(50-13(2)59)38(86-48)27(66)18(64)7-53/h15-44,52-57,61-73H,4-11H2,1-3H3,(H,49,58)(H,50,59)(H,51,60)(H,74,75)(H,76,77)/t15-,16-,17+,18+,19+,20+,21+,22+,23+,24+,25+,26+,27+,28-,29-,30+,31+,32+,33+,34+,35-,36+,37+,38+,39-,40+,41+,42-,43-,44-,47-,48+/m0/s1. The molecule has 0 aromatic rings. The summed E-state index contributed by atoms with van der Waals surface area (Å²) in [5.41, 5.74) is 0. The number of aliphatic carboxylic acids is 2. The predicted octanol–water partition coefficient (Wildman–Crippen LogP) is -15.3. The molecule has 0 saturated carbocycles. The van der Waals surface area contributed by atoms with Crippen molar-refractivity contribution in [1.82, 2.24) is 16.0 Å². The number of carbonyl (C=O) groups is 5. The molecule has 24 N–H and O–H groups in total. The Labute approximate surface area is 496 Å². The lowest BCUT2D eigenvalue weighted by Gasteiger charge is -2.53. The summed E-state index contributed by atoms with van der Waals surface area (Å²) in [7, 11) is 0. The molecule has 3 amide bonds. The zero-order valence-corrected chi connectivity index (χ0v) is 46.9. The molecule has 6 rings (SSSR count). The van der Waals surface area contributed by atoms with Gasteiger partial charge in [0.1, 0.15) is 134 Å². The molecule has 40 heteroatoms. The topological polar surface area (TPSA) is 648 Å². The van der Waals surface area contributed by atoms with E-state index in [1.165, 1.54) is 0 Å². The maximum Gasteiger partial charge on any atom is 0.364 e. The van der Waals surface area contributed by atoms with Gasteiger partial charge in [0.05, 0.1) is 63.9 Å². The number of carbonyl (C=O) groups excluding carboxylic acids is 3. The number of aliphatic hydroxyl groups is 19.